The molecule has 1 aromatic carbocycles. The van der Waals surface area contributed by atoms with Gasteiger partial charge in [0.2, 0.25) is 11.8 Å². The lowest BCUT2D eigenvalue weighted by molar-refractivity contribution is -0.151. The molecule has 1 saturated heterocycles. The van der Waals surface area contributed by atoms with E-state index < -0.39 is 5.25 Å². The van der Waals surface area contributed by atoms with Gasteiger partial charge in [0.05, 0.1) is 23.5 Å². The summed E-state index contributed by atoms with van der Waals surface area (Å²) in [5.74, 6) is -0.829. The number of nitrogens with one attached hydrogen (secondary N) is 1. The van der Waals surface area contributed by atoms with Crippen molar-refractivity contribution in [3.63, 3.8) is 0 Å². The summed E-state index contributed by atoms with van der Waals surface area (Å²) < 4.78 is 5.07. The number of halogens is 1. The van der Waals surface area contributed by atoms with Crippen LogP contribution in [0.5, 0.6) is 0 Å². The molecule has 0 aliphatic carbocycles. The van der Waals surface area contributed by atoms with Gasteiger partial charge in [0.1, 0.15) is 0 Å². The number of hydrogen-bond donors (Lipinski definition) is 1. The number of hydrogen-bond acceptors (Lipinski definition) is 5. The molecule has 8 heteroatoms. The number of amides is 2. The Morgan fingerprint density at radius 1 is 1.42 bits per heavy atom. The minimum atomic E-state index is -0.487. The van der Waals surface area contributed by atoms with Crippen LogP contribution in [0, 0.1) is 5.92 Å². The SMILES string of the molecule is CCOC(=O)C1CCCN(C(=O)CC2Sc3ccc(Cl)cc3NC2=O)C1. The molecule has 26 heavy (non-hydrogen) atoms. The second kappa shape index (κ2) is 8.31. The van der Waals surface area contributed by atoms with Crippen LogP contribution in [0.4, 0.5) is 5.69 Å². The van der Waals surface area contributed by atoms with Crippen LogP contribution in [0.25, 0.3) is 0 Å². The highest BCUT2D eigenvalue weighted by atomic mass is 35.5. The minimum absolute atomic E-state index is 0.105. The van der Waals surface area contributed by atoms with E-state index in [0.29, 0.717) is 30.4 Å². The first kappa shape index (κ1) is 19.0. The number of nitrogens with zero attached hydrogens (tertiary/aromatic N) is 1. The lowest BCUT2D eigenvalue weighted by atomic mass is 9.98. The van der Waals surface area contributed by atoms with Gasteiger partial charge >= 0.3 is 5.97 Å². The fourth-order valence-electron chi connectivity index (χ4n) is 3.20. The Kier molecular flexibility index (Phi) is 6.09. The molecule has 140 valence electrons. The average molecular weight is 397 g/mol. The smallest absolute Gasteiger partial charge is 0.310 e. The number of esters is 1. The first-order chi connectivity index (χ1) is 12.5. The quantitative estimate of drug-likeness (QED) is 0.792. The zero-order chi connectivity index (χ0) is 18.7. The zero-order valence-corrected chi connectivity index (χ0v) is 16.1. The molecule has 0 radical (unpaired) electrons. The fraction of sp³-hybridized carbons (Fsp3) is 0.500. The number of rotatable bonds is 4. The zero-order valence-electron chi connectivity index (χ0n) is 14.5. The molecule has 1 fully saturated rings. The maximum absolute atomic E-state index is 12.7. The van der Waals surface area contributed by atoms with Crippen LogP contribution in [0.2, 0.25) is 5.02 Å². The summed E-state index contributed by atoms with van der Waals surface area (Å²) in [6.07, 6.45) is 1.60. The molecule has 3 rings (SSSR count). The average Bonchev–Trinajstić information content (AvgIpc) is 2.63. The molecule has 2 aliphatic rings. The van der Waals surface area contributed by atoms with Crippen molar-refractivity contribution >= 4 is 46.8 Å². The van der Waals surface area contributed by atoms with Gasteiger partial charge in [0, 0.05) is 29.4 Å². The normalized spacial score (nSPS) is 22.4. The first-order valence-electron chi connectivity index (χ1n) is 8.69. The number of anilines is 1. The standard InChI is InChI=1S/C18H21ClN2O4S/c1-2-25-18(24)11-4-3-7-21(10-11)16(22)9-15-17(23)20-13-8-12(19)5-6-14(13)26-15/h5-6,8,11,15H,2-4,7,9-10H2,1H3,(H,20,23). The molecule has 0 spiro atoms. The number of thioether (sulfide) groups is 1. The molecule has 0 saturated carbocycles. The summed E-state index contributed by atoms with van der Waals surface area (Å²) >= 11 is 7.32. The third kappa shape index (κ3) is 4.32. The highest BCUT2D eigenvalue weighted by molar-refractivity contribution is 8.01. The van der Waals surface area contributed by atoms with Crippen molar-refractivity contribution < 1.29 is 19.1 Å². The first-order valence-corrected chi connectivity index (χ1v) is 9.95. The Hall–Kier alpha value is -1.73. The van der Waals surface area contributed by atoms with Gasteiger partial charge in [-0.1, -0.05) is 11.6 Å². The van der Waals surface area contributed by atoms with Crippen LogP contribution in [0.1, 0.15) is 26.2 Å². The number of carbonyl (C=O) groups is 3. The number of benzene rings is 1. The second-order valence-corrected chi connectivity index (χ2v) is 8.05. The van der Waals surface area contributed by atoms with Crippen molar-refractivity contribution in [1.29, 1.82) is 0 Å². The predicted octanol–water partition coefficient (Wildman–Crippen LogP) is 2.94. The summed E-state index contributed by atoms with van der Waals surface area (Å²) in [5, 5.41) is 2.88. The van der Waals surface area contributed by atoms with Gasteiger partial charge in [-0.25, -0.2) is 0 Å². The van der Waals surface area contributed by atoms with E-state index in [0.717, 1.165) is 17.7 Å². The lowest BCUT2D eigenvalue weighted by Crippen LogP contribution is -2.44. The predicted molar refractivity (Wildman–Crippen MR) is 100 cm³/mol. The Balaban J connectivity index is 1.61. The number of carbonyl (C=O) groups excluding carboxylic acids is 3. The molecule has 2 unspecified atom stereocenters. The monoisotopic (exact) mass is 396 g/mol. The highest BCUT2D eigenvalue weighted by Gasteiger charge is 2.34. The van der Waals surface area contributed by atoms with Crippen molar-refractivity contribution in [1.82, 2.24) is 4.90 Å². The summed E-state index contributed by atoms with van der Waals surface area (Å²) in [6.45, 7) is 3.09. The van der Waals surface area contributed by atoms with Crippen molar-refractivity contribution in [2.75, 3.05) is 25.0 Å². The third-order valence-corrected chi connectivity index (χ3v) is 6.03. The van der Waals surface area contributed by atoms with Gasteiger partial charge in [-0.05, 0) is 38.0 Å². The molecule has 2 atom stereocenters. The van der Waals surface area contributed by atoms with Crippen molar-refractivity contribution in [3.05, 3.63) is 23.2 Å². The summed E-state index contributed by atoms with van der Waals surface area (Å²) in [4.78, 5) is 39.5. The third-order valence-electron chi connectivity index (χ3n) is 4.52. The largest absolute Gasteiger partial charge is 0.466 e. The van der Waals surface area contributed by atoms with E-state index in [4.69, 9.17) is 16.3 Å². The van der Waals surface area contributed by atoms with Gasteiger partial charge in [-0.15, -0.1) is 11.8 Å². The summed E-state index contributed by atoms with van der Waals surface area (Å²) in [7, 11) is 0. The number of fused-ring (bicyclic) bond motifs is 1. The summed E-state index contributed by atoms with van der Waals surface area (Å²) in [6, 6.07) is 5.31. The maximum atomic E-state index is 12.7. The van der Waals surface area contributed by atoms with Gasteiger partial charge in [0.25, 0.3) is 0 Å². The van der Waals surface area contributed by atoms with E-state index in [1.54, 1.807) is 24.0 Å². The second-order valence-electron chi connectivity index (χ2n) is 6.37. The van der Waals surface area contributed by atoms with Crippen LogP contribution in [-0.2, 0) is 19.1 Å². The van der Waals surface area contributed by atoms with E-state index in [-0.39, 0.29) is 30.1 Å². The Labute approximate surface area is 161 Å². The molecule has 0 bridgehead atoms. The Morgan fingerprint density at radius 2 is 2.23 bits per heavy atom. The molecular formula is C18H21ClN2O4S. The van der Waals surface area contributed by atoms with Gasteiger partial charge in [-0.3, -0.25) is 14.4 Å². The topological polar surface area (TPSA) is 75.7 Å². The van der Waals surface area contributed by atoms with E-state index in [1.165, 1.54) is 11.8 Å². The lowest BCUT2D eigenvalue weighted by Gasteiger charge is -2.33. The van der Waals surface area contributed by atoms with Crippen LogP contribution in [0.3, 0.4) is 0 Å². The van der Waals surface area contributed by atoms with E-state index in [9.17, 15) is 14.4 Å². The molecule has 0 aromatic heterocycles. The van der Waals surface area contributed by atoms with Crippen LogP contribution in [0.15, 0.2) is 23.1 Å². The number of likely N-dealkylation sites (tertiary alicyclic amines) is 1. The van der Waals surface area contributed by atoms with Crippen molar-refractivity contribution in [2.24, 2.45) is 5.92 Å². The maximum Gasteiger partial charge on any atom is 0.310 e. The van der Waals surface area contributed by atoms with E-state index >= 15 is 0 Å². The van der Waals surface area contributed by atoms with E-state index in [1.807, 2.05) is 6.07 Å². The molecule has 6 nitrogen and oxygen atoms in total. The molecule has 2 amide bonds. The Morgan fingerprint density at radius 3 is 3.00 bits per heavy atom. The number of ether oxygens (including phenoxy) is 1. The molecule has 2 heterocycles. The molecule has 1 aromatic rings. The Bertz CT molecular complexity index is 727. The summed E-state index contributed by atoms with van der Waals surface area (Å²) in [5.41, 5.74) is 0.677. The van der Waals surface area contributed by atoms with Gasteiger partial charge in [-0.2, -0.15) is 0 Å². The highest BCUT2D eigenvalue weighted by Crippen LogP contribution is 2.38. The molecule has 2 aliphatic heterocycles. The van der Waals surface area contributed by atoms with E-state index in [2.05, 4.69) is 5.32 Å². The number of piperidine rings is 1. The fourth-order valence-corrected chi connectivity index (χ4v) is 4.45. The van der Waals surface area contributed by atoms with Crippen molar-refractivity contribution in [2.45, 2.75) is 36.3 Å². The van der Waals surface area contributed by atoms with Crippen molar-refractivity contribution in [3.8, 4) is 0 Å². The molecular weight excluding hydrogens is 376 g/mol. The van der Waals surface area contributed by atoms with Crippen LogP contribution in [-0.4, -0.2) is 47.6 Å². The van der Waals surface area contributed by atoms with Crippen LogP contribution < -0.4 is 5.32 Å². The van der Waals surface area contributed by atoms with Crippen LogP contribution >= 0.6 is 23.4 Å². The minimum Gasteiger partial charge on any atom is -0.466 e. The van der Waals surface area contributed by atoms with Gasteiger partial charge < -0.3 is 15.0 Å². The molecule has 1 N–H and O–H groups in total. The van der Waals surface area contributed by atoms with Gasteiger partial charge in [0.15, 0.2) is 0 Å².